The molecule has 0 amide bonds. The molecule has 1 aliphatic heterocycles. The van der Waals surface area contributed by atoms with Gasteiger partial charge in [-0.1, -0.05) is 32.6 Å². The van der Waals surface area contributed by atoms with Crippen LogP contribution in [0.2, 0.25) is 0 Å². The Labute approximate surface area is 266 Å². The Balaban J connectivity index is 1.35. The van der Waals surface area contributed by atoms with Gasteiger partial charge in [-0.05, 0) is 80.6 Å². The monoisotopic (exact) mass is 632 g/mol. The van der Waals surface area contributed by atoms with E-state index in [0.717, 1.165) is 0 Å². The second kappa shape index (κ2) is 7.79. The normalized spacial score (nSPS) is 55.9. The molecule has 10 nitrogen and oxygen atoms in total. The highest BCUT2D eigenvalue weighted by Gasteiger charge is 2.94. The Morgan fingerprint density at radius 1 is 1.17 bits per heavy atom. The van der Waals surface area contributed by atoms with Crippen molar-refractivity contribution >= 4 is 23.7 Å². The van der Waals surface area contributed by atoms with Gasteiger partial charge in [-0.2, -0.15) is 0 Å². The van der Waals surface area contributed by atoms with E-state index in [-0.39, 0.29) is 65.3 Å². The maximum atomic E-state index is 14.6. The Kier molecular flexibility index (Phi) is 4.93. The minimum absolute atomic E-state index is 0.0000896. The number of aliphatic hydroxyl groups excluding tert-OH is 1. The third-order valence-corrected chi connectivity index (χ3v) is 15.3. The van der Waals surface area contributed by atoms with Crippen molar-refractivity contribution in [2.24, 2.45) is 63.6 Å². The molecule has 6 fully saturated rings. The van der Waals surface area contributed by atoms with Gasteiger partial charge in [-0.15, -0.1) is 0 Å². The first-order chi connectivity index (χ1) is 21.5. The summed E-state index contributed by atoms with van der Waals surface area (Å²) in [6.45, 7) is 12.7. The first-order valence-electron chi connectivity index (χ1n) is 16.5. The zero-order chi connectivity index (χ0) is 33.0. The molecule has 0 radical (unpaired) electrons. The van der Waals surface area contributed by atoms with Crippen LogP contribution in [0.15, 0.2) is 46.6 Å². The molecule has 1 spiro atoms. The number of hydrogen-bond acceptors (Lipinski definition) is 10. The Hall–Kier alpha value is -3.08. The zero-order valence-corrected chi connectivity index (χ0v) is 26.9. The summed E-state index contributed by atoms with van der Waals surface area (Å²) in [6, 6.07) is 0. The lowest BCUT2D eigenvalue weighted by atomic mass is 9.41. The third kappa shape index (κ3) is 2.37. The number of carbonyl (C=O) groups is 4. The van der Waals surface area contributed by atoms with E-state index < -0.39 is 74.7 Å². The van der Waals surface area contributed by atoms with E-state index in [0.29, 0.717) is 17.6 Å². The van der Waals surface area contributed by atoms with Gasteiger partial charge in [0.2, 0.25) is 0 Å². The van der Waals surface area contributed by atoms with Crippen molar-refractivity contribution in [1.82, 2.24) is 0 Å². The Bertz CT molecular complexity index is 1750. The van der Waals surface area contributed by atoms with Crippen LogP contribution in [-0.2, 0) is 33.4 Å². The number of ether oxygens (including phenoxy) is 3. The first kappa shape index (κ1) is 29.1. The third-order valence-electron chi connectivity index (χ3n) is 15.3. The van der Waals surface area contributed by atoms with E-state index in [9.17, 15) is 34.5 Å². The SMILES string of the molecule is C=C1C(=O)O[C@]23C4=C5C(=O)[C@H](O)[C@@]6(C)[C@@H]7C[C@@H]7C(=CC2C2C(C[C@]13[C@]5(C)C(=O)OC)[C@](O)(COC(=O)/C(C)=C/C)[C@H]1[C@@H](C)[C@@H]21)[C@@]46O. The number of Topliss-reactive ketones (excluding diaryl/α,β-unsaturated/α-hetero) is 1. The van der Waals surface area contributed by atoms with Crippen LogP contribution < -0.4 is 0 Å². The van der Waals surface area contributed by atoms with Crippen molar-refractivity contribution in [3.8, 4) is 0 Å². The highest BCUT2D eigenvalue weighted by Crippen LogP contribution is 2.88. The fourth-order valence-corrected chi connectivity index (χ4v) is 13.3. The second-order valence-corrected chi connectivity index (χ2v) is 16.1. The number of allylic oxidation sites excluding steroid dienone is 1. The standard InChI is InChI=1S/C36H40O10/c1-8-13(2)28(39)45-12-33(42)20-11-34-15(4)29(40)46-36(34)19(22(20)21-14(3)23(21)33)10-18-16-9-17(16)31(5)27(38)25(37)24(26(36)35(18,31)43)32(34,6)30(41)44-7/h8,10,14,16-17,19-23,27,38,42-43H,4,9,11-12H2,1-3,5-7H3/b13-8+/t14-,16-,17+,19?,20?,21-,22?,23-,27-,31+,32-,33+,34+,35+,36-/m0/s1. The van der Waals surface area contributed by atoms with Gasteiger partial charge in [0.25, 0.3) is 0 Å². The maximum Gasteiger partial charge on any atom is 0.335 e. The summed E-state index contributed by atoms with van der Waals surface area (Å²) < 4.78 is 17.7. The van der Waals surface area contributed by atoms with Crippen molar-refractivity contribution in [1.29, 1.82) is 0 Å². The van der Waals surface area contributed by atoms with Crippen molar-refractivity contribution in [2.75, 3.05) is 13.7 Å². The van der Waals surface area contributed by atoms with Crippen LogP contribution in [0.5, 0.6) is 0 Å². The van der Waals surface area contributed by atoms with Crippen molar-refractivity contribution in [3.05, 3.63) is 46.6 Å². The lowest BCUT2D eigenvalue weighted by Gasteiger charge is -2.63. The van der Waals surface area contributed by atoms with Crippen molar-refractivity contribution in [3.63, 3.8) is 0 Å². The number of carbonyl (C=O) groups excluding carboxylic acids is 4. The number of ketones is 1. The van der Waals surface area contributed by atoms with E-state index in [4.69, 9.17) is 14.2 Å². The van der Waals surface area contributed by atoms with E-state index in [1.807, 2.05) is 6.08 Å². The molecule has 46 heavy (non-hydrogen) atoms. The molecular formula is C36H40O10. The van der Waals surface area contributed by atoms with Crippen LogP contribution in [0.25, 0.3) is 0 Å². The predicted octanol–water partition coefficient (Wildman–Crippen LogP) is 1.97. The highest BCUT2D eigenvalue weighted by atomic mass is 16.6. The maximum absolute atomic E-state index is 14.6. The highest BCUT2D eigenvalue weighted by molar-refractivity contribution is 6.13. The van der Waals surface area contributed by atoms with Crippen LogP contribution in [0, 0.1) is 63.6 Å². The molecule has 8 aliphatic carbocycles. The molecule has 9 rings (SSSR count). The summed E-state index contributed by atoms with van der Waals surface area (Å²) in [7, 11) is 1.20. The fraction of sp³-hybridized carbons (Fsp3) is 0.667. The van der Waals surface area contributed by atoms with Crippen molar-refractivity contribution < 1.29 is 48.7 Å². The first-order valence-corrected chi connectivity index (χ1v) is 16.5. The molecule has 3 N–H and O–H groups in total. The van der Waals surface area contributed by atoms with Gasteiger partial charge in [-0.25, -0.2) is 9.59 Å². The number of aliphatic hydroxyl groups is 3. The van der Waals surface area contributed by atoms with Crippen molar-refractivity contribution in [2.45, 2.75) is 70.4 Å². The molecule has 10 heteroatoms. The summed E-state index contributed by atoms with van der Waals surface area (Å²) in [6.07, 6.45) is 2.76. The van der Waals surface area contributed by atoms with Gasteiger partial charge >= 0.3 is 17.9 Å². The Morgan fingerprint density at radius 2 is 1.87 bits per heavy atom. The van der Waals surface area contributed by atoms with Crippen LogP contribution in [0.1, 0.15) is 47.5 Å². The molecule has 0 aromatic heterocycles. The van der Waals surface area contributed by atoms with Crippen LogP contribution in [0.3, 0.4) is 0 Å². The molecule has 5 saturated carbocycles. The average Bonchev–Trinajstić information content (AvgIpc) is 3.88. The molecule has 0 aromatic rings. The largest absolute Gasteiger partial charge is 0.468 e. The van der Waals surface area contributed by atoms with E-state index >= 15 is 0 Å². The summed E-state index contributed by atoms with van der Waals surface area (Å²) >= 11 is 0. The summed E-state index contributed by atoms with van der Waals surface area (Å²) in [4.78, 5) is 55.7. The minimum Gasteiger partial charge on any atom is -0.468 e. The van der Waals surface area contributed by atoms with Gasteiger partial charge in [0.05, 0.1) is 12.5 Å². The summed E-state index contributed by atoms with van der Waals surface area (Å²) in [5.74, 6) is -4.67. The van der Waals surface area contributed by atoms with Crippen LogP contribution in [-0.4, -0.2) is 75.6 Å². The number of fused-ring (bicyclic) bond motifs is 7. The van der Waals surface area contributed by atoms with Gasteiger partial charge in [0, 0.05) is 33.6 Å². The fourth-order valence-electron chi connectivity index (χ4n) is 13.3. The smallest absolute Gasteiger partial charge is 0.335 e. The molecular weight excluding hydrogens is 592 g/mol. The molecule has 0 bridgehead atoms. The van der Waals surface area contributed by atoms with E-state index in [1.54, 1.807) is 33.8 Å². The van der Waals surface area contributed by atoms with Gasteiger partial charge in [-0.3, -0.25) is 9.59 Å². The Morgan fingerprint density at radius 3 is 2.52 bits per heavy atom. The quantitative estimate of drug-likeness (QED) is 0.181. The van der Waals surface area contributed by atoms with Crippen LogP contribution >= 0.6 is 0 Å². The van der Waals surface area contributed by atoms with Gasteiger partial charge in [0.15, 0.2) is 11.4 Å². The topological polar surface area (TPSA) is 157 Å². The lowest BCUT2D eigenvalue weighted by Crippen LogP contribution is -2.70. The number of methoxy groups -OCH3 is 1. The molecule has 9 aliphatic rings. The molecule has 1 saturated heterocycles. The predicted molar refractivity (Wildman–Crippen MR) is 158 cm³/mol. The number of rotatable bonds is 4. The zero-order valence-electron chi connectivity index (χ0n) is 26.9. The molecule has 15 atom stereocenters. The molecule has 3 unspecified atom stereocenters. The number of hydrogen-bond donors (Lipinski definition) is 3. The summed E-state index contributed by atoms with van der Waals surface area (Å²) in [5, 5.41) is 37.7. The van der Waals surface area contributed by atoms with Gasteiger partial charge in [0.1, 0.15) is 29.3 Å². The van der Waals surface area contributed by atoms with Crippen LogP contribution in [0.4, 0.5) is 0 Å². The number of esters is 3. The second-order valence-electron chi connectivity index (χ2n) is 16.1. The van der Waals surface area contributed by atoms with Gasteiger partial charge < -0.3 is 29.5 Å². The lowest BCUT2D eigenvalue weighted by molar-refractivity contribution is -0.207. The summed E-state index contributed by atoms with van der Waals surface area (Å²) in [5.41, 5.74) is -8.60. The van der Waals surface area contributed by atoms with E-state index in [1.165, 1.54) is 7.11 Å². The van der Waals surface area contributed by atoms with E-state index in [2.05, 4.69) is 13.5 Å². The average molecular weight is 633 g/mol. The minimum atomic E-state index is -1.90. The molecule has 244 valence electrons. The molecule has 1 heterocycles. The molecule has 0 aromatic carbocycles.